The SMILES string of the molecule is COC(=O)CCc1cccc(Br)c1SC(F)(F)F. The smallest absolute Gasteiger partial charge is 0.446 e. The van der Waals surface area contributed by atoms with E-state index in [2.05, 4.69) is 20.7 Å². The fourth-order valence-corrected chi connectivity index (χ4v) is 2.67. The lowest BCUT2D eigenvalue weighted by Crippen LogP contribution is -2.05. The van der Waals surface area contributed by atoms with Crippen LogP contribution < -0.4 is 0 Å². The van der Waals surface area contributed by atoms with Gasteiger partial charge in [-0.15, -0.1) is 0 Å². The van der Waals surface area contributed by atoms with E-state index >= 15 is 0 Å². The third-order valence-electron chi connectivity index (χ3n) is 2.09. The first-order valence-corrected chi connectivity index (χ1v) is 6.54. The molecule has 0 fully saturated rings. The molecule has 18 heavy (non-hydrogen) atoms. The van der Waals surface area contributed by atoms with Crippen LogP contribution in [0.25, 0.3) is 0 Å². The lowest BCUT2D eigenvalue weighted by molar-refractivity contribution is -0.140. The van der Waals surface area contributed by atoms with Gasteiger partial charge in [0, 0.05) is 15.8 Å². The van der Waals surface area contributed by atoms with Gasteiger partial charge in [0.25, 0.3) is 0 Å². The van der Waals surface area contributed by atoms with E-state index in [0.717, 1.165) is 0 Å². The fraction of sp³-hybridized carbons (Fsp3) is 0.364. The van der Waals surface area contributed by atoms with Crippen LogP contribution in [-0.2, 0) is 16.0 Å². The Balaban J connectivity index is 2.90. The van der Waals surface area contributed by atoms with E-state index in [1.165, 1.54) is 13.2 Å². The minimum atomic E-state index is -4.36. The van der Waals surface area contributed by atoms with Gasteiger partial charge in [-0.25, -0.2) is 0 Å². The first kappa shape index (κ1) is 15.4. The molecule has 0 saturated carbocycles. The molecule has 0 amide bonds. The predicted molar refractivity (Wildman–Crippen MR) is 66.4 cm³/mol. The van der Waals surface area contributed by atoms with Crippen LogP contribution >= 0.6 is 27.7 Å². The highest BCUT2D eigenvalue weighted by molar-refractivity contribution is 9.10. The van der Waals surface area contributed by atoms with Crippen LogP contribution in [0, 0.1) is 0 Å². The molecule has 0 bridgehead atoms. The van der Waals surface area contributed by atoms with Crippen molar-refractivity contribution in [2.75, 3.05) is 7.11 Å². The average molecular weight is 343 g/mol. The Kier molecular flexibility index (Phi) is 5.52. The van der Waals surface area contributed by atoms with Gasteiger partial charge in [0.05, 0.1) is 7.11 Å². The van der Waals surface area contributed by atoms with E-state index in [1.54, 1.807) is 12.1 Å². The molecule has 0 aliphatic carbocycles. The number of benzene rings is 1. The Morgan fingerprint density at radius 3 is 2.67 bits per heavy atom. The summed E-state index contributed by atoms with van der Waals surface area (Å²) in [6.07, 6.45) is 0.267. The van der Waals surface area contributed by atoms with E-state index in [0.29, 0.717) is 10.0 Å². The summed E-state index contributed by atoms with van der Waals surface area (Å²) < 4.78 is 42.1. The molecule has 0 radical (unpaired) electrons. The van der Waals surface area contributed by atoms with Crippen molar-refractivity contribution in [2.24, 2.45) is 0 Å². The van der Waals surface area contributed by atoms with E-state index in [9.17, 15) is 18.0 Å². The van der Waals surface area contributed by atoms with E-state index in [1.807, 2.05) is 0 Å². The Morgan fingerprint density at radius 2 is 2.11 bits per heavy atom. The molecule has 1 aromatic carbocycles. The number of hydrogen-bond acceptors (Lipinski definition) is 3. The summed E-state index contributed by atoms with van der Waals surface area (Å²) in [7, 11) is 1.24. The summed E-state index contributed by atoms with van der Waals surface area (Å²) in [5, 5.41) is 0. The molecule has 0 aliphatic heterocycles. The number of ether oxygens (including phenoxy) is 1. The van der Waals surface area contributed by atoms with Crippen LogP contribution in [0.4, 0.5) is 13.2 Å². The number of carbonyl (C=O) groups excluding carboxylic acids is 1. The molecule has 0 atom stereocenters. The summed E-state index contributed by atoms with van der Waals surface area (Å²) in [5.74, 6) is -0.446. The van der Waals surface area contributed by atoms with Gasteiger partial charge in [-0.3, -0.25) is 4.79 Å². The van der Waals surface area contributed by atoms with Crippen molar-refractivity contribution in [2.45, 2.75) is 23.2 Å². The minimum Gasteiger partial charge on any atom is -0.469 e. The third-order valence-corrected chi connectivity index (χ3v) is 3.93. The largest absolute Gasteiger partial charge is 0.469 e. The number of esters is 1. The lowest BCUT2D eigenvalue weighted by Gasteiger charge is -2.12. The topological polar surface area (TPSA) is 26.3 Å². The maximum absolute atomic E-state index is 12.4. The van der Waals surface area contributed by atoms with Crippen molar-refractivity contribution in [3.8, 4) is 0 Å². The van der Waals surface area contributed by atoms with Crippen molar-refractivity contribution >= 4 is 33.7 Å². The van der Waals surface area contributed by atoms with Gasteiger partial charge in [0.1, 0.15) is 0 Å². The summed E-state index contributed by atoms with van der Waals surface area (Å²) in [5.41, 5.74) is -3.89. The average Bonchev–Trinajstić information content (AvgIpc) is 2.28. The Bertz CT molecular complexity index is 435. The molecule has 0 unspecified atom stereocenters. The second kappa shape index (κ2) is 6.47. The van der Waals surface area contributed by atoms with Gasteiger partial charge in [-0.05, 0) is 45.7 Å². The number of rotatable bonds is 4. The van der Waals surface area contributed by atoms with Crippen molar-refractivity contribution in [1.82, 2.24) is 0 Å². The molecule has 7 heteroatoms. The zero-order chi connectivity index (χ0) is 13.8. The number of carbonyl (C=O) groups is 1. The molecule has 0 saturated heterocycles. The molecule has 0 heterocycles. The monoisotopic (exact) mass is 342 g/mol. The highest BCUT2D eigenvalue weighted by atomic mass is 79.9. The van der Waals surface area contributed by atoms with E-state index in [-0.39, 0.29) is 29.5 Å². The van der Waals surface area contributed by atoms with E-state index in [4.69, 9.17) is 0 Å². The molecule has 0 aliphatic rings. The van der Waals surface area contributed by atoms with Crippen LogP contribution in [0.2, 0.25) is 0 Å². The second-order valence-electron chi connectivity index (χ2n) is 3.35. The number of alkyl halides is 3. The van der Waals surface area contributed by atoms with E-state index < -0.39 is 11.5 Å². The van der Waals surface area contributed by atoms with Gasteiger partial charge in [0.2, 0.25) is 0 Å². The van der Waals surface area contributed by atoms with Crippen LogP contribution in [-0.4, -0.2) is 18.6 Å². The standard InChI is InChI=1S/C11H10BrF3O2S/c1-17-9(16)6-5-7-3-2-4-8(12)10(7)18-11(13,14)15/h2-4H,5-6H2,1H3. The van der Waals surface area contributed by atoms with Crippen molar-refractivity contribution in [1.29, 1.82) is 0 Å². The summed E-state index contributed by atoms with van der Waals surface area (Å²) in [6, 6.07) is 4.74. The third kappa shape index (κ3) is 4.89. The molecular formula is C11H10BrF3O2S. The summed E-state index contributed by atoms with van der Waals surface area (Å²) in [6.45, 7) is 0. The minimum absolute atomic E-state index is 0.0539. The lowest BCUT2D eigenvalue weighted by atomic mass is 10.1. The highest BCUT2D eigenvalue weighted by Gasteiger charge is 2.31. The first-order valence-electron chi connectivity index (χ1n) is 4.93. The number of halogens is 4. The number of hydrogen-bond donors (Lipinski definition) is 0. The van der Waals surface area contributed by atoms with Crippen LogP contribution in [0.1, 0.15) is 12.0 Å². The van der Waals surface area contributed by atoms with Gasteiger partial charge < -0.3 is 4.74 Å². The molecule has 1 aromatic rings. The van der Waals surface area contributed by atoms with Gasteiger partial charge in [0.15, 0.2) is 0 Å². The normalized spacial score (nSPS) is 11.4. The molecule has 100 valence electrons. The predicted octanol–water partition coefficient (Wildman–Crippen LogP) is 4.17. The Hall–Kier alpha value is -0.690. The van der Waals surface area contributed by atoms with Gasteiger partial charge in [-0.1, -0.05) is 12.1 Å². The Labute approximate surface area is 115 Å². The van der Waals surface area contributed by atoms with Crippen molar-refractivity contribution < 1.29 is 22.7 Å². The number of thioether (sulfide) groups is 1. The highest BCUT2D eigenvalue weighted by Crippen LogP contribution is 2.42. The molecule has 2 nitrogen and oxygen atoms in total. The molecular weight excluding hydrogens is 333 g/mol. The fourth-order valence-electron chi connectivity index (χ4n) is 1.32. The number of methoxy groups -OCH3 is 1. The summed E-state index contributed by atoms with van der Waals surface area (Å²) in [4.78, 5) is 11.1. The maximum atomic E-state index is 12.4. The molecule has 0 N–H and O–H groups in total. The first-order chi connectivity index (χ1) is 8.33. The summed E-state index contributed by atoms with van der Waals surface area (Å²) >= 11 is 2.90. The quantitative estimate of drug-likeness (QED) is 0.606. The molecule has 0 spiro atoms. The van der Waals surface area contributed by atoms with Crippen LogP contribution in [0.5, 0.6) is 0 Å². The van der Waals surface area contributed by atoms with Crippen molar-refractivity contribution in [3.05, 3.63) is 28.2 Å². The molecule has 0 aromatic heterocycles. The zero-order valence-electron chi connectivity index (χ0n) is 9.38. The van der Waals surface area contributed by atoms with Gasteiger partial charge in [-0.2, -0.15) is 13.2 Å². The second-order valence-corrected chi connectivity index (χ2v) is 5.28. The number of aryl methyl sites for hydroxylation is 1. The zero-order valence-corrected chi connectivity index (χ0v) is 11.8. The maximum Gasteiger partial charge on any atom is 0.446 e. The van der Waals surface area contributed by atoms with Crippen molar-refractivity contribution in [3.63, 3.8) is 0 Å². The van der Waals surface area contributed by atoms with Crippen LogP contribution in [0.15, 0.2) is 27.6 Å². The van der Waals surface area contributed by atoms with Crippen LogP contribution in [0.3, 0.4) is 0 Å². The van der Waals surface area contributed by atoms with Gasteiger partial charge >= 0.3 is 11.5 Å². The molecule has 1 rings (SSSR count). The Morgan fingerprint density at radius 1 is 1.44 bits per heavy atom.